The Morgan fingerprint density at radius 2 is 1.95 bits per heavy atom. The fourth-order valence-electron chi connectivity index (χ4n) is 1.86. The molecule has 1 rings (SSSR count). The van der Waals surface area contributed by atoms with Crippen LogP contribution in [0.15, 0.2) is 24.3 Å². The van der Waals surface area contributed by atoms with Crippen molar-refractivity contribution in [2.45, 2.75) is 52.3 Å². The minimum Gasteiger partial charge on any atom is -0.444 e. The van der Waals surface area contributed by atoms with Gasteiger partial charge in [-0.15, -0.1) is 0 Å². The van der Waals surface area contributed by atoms with Crippen molar-refractivity contribution in [3.8, 4) is 6.07 Å². The standard InChI is InChI=1S/C17H25N3O2/c1-5-15(20-16(21)22-17(2,3)4)12-19-11-14-8-6-13(10-18)7-9-14/h6-9,15,19H,5,11-12H2,1-4H3,(H,20,21). The number of ether oxygens (including phenoxy) is 1. The van der Waals surface area contributed by atoms with Gasteiger partial charge in [0, 0.05) is 19.1 Å². The second kappa shape index (κ2) is 8.40. The van der Waals surface area contributed by atoms with Gasteiger partial charge >= 0.3 is 6.09 Å². The highest BCUT2D eigenvalue weighted by Crippen LogP contribution is 2.07. The quantitative estimate of drug-likeness (QED) is 0.847. The van der Waals surface area contributed by atoms with Gasteiger partial charge < -0.3 is 15.4 Å². The van der Waals surface area contributed by atoms with Gasteiger partial charge in [0.1, 0.15) is 5.60 Å². The predicted octanol–water partition coefficient (Wildman–Crippen LogP) is 2.95. The van der Waals surface area contributed by atoms with E-state index in [1.165, 1.54) is 0 Å². The fourth-order valence-corrected chi connectivity index (χ4v) is 1.86. The summed E-state index contributed by atoms with van der Waals surface area (Å²) in [6.07, 6.45) is 0.430. The van der Waals surface area contributed by atoms with Crippen LogP contribution in [0.2, 0.25) is 0 Å². The van der Waals surface area contributed by atoms with Gasteiger partial charge in [0.15, 0.2) is 0 Å². The highest BCUT2D eigenvalue weighted by molar-refractivity contribution is 5.68. The van der Waals surface area contributed by atoms with Crippen molar-refractivity contribution in [2.24, 2.45) is 0 Å². The van der Waals surface area contributed by atoms with Crippen molar-refractivity contribution in [3.05, 3.63) is 35.4 Å². The number of hydrogen-bond donors (Lipinski definition) is 2. The van der Waals surface area contributed by atoms with Crippen molar-refractivity contribution < 1.29 is 9.53 Å². The Morgan fingerprint density at radius 3 is 2.45 bits per heavy atom. The van der Waals surface area contributed by atoms with E-state index in [1.807, 2.05) is 39.8 Å². The molecular weight excluding hydrogens is 278 g/mol. The molecule has 0 fully saturated rings. The molecule has 0 spiro atoms. The molecule has 1 amide bonds. The third kappa shape index (κ3) is 7.09. The predicted molar refractivity (Wildman–Crippen MR) is 86.3 cm³/mol. The van der Waals surface area contributed by atoms with Crippen LogP contribution >= 0.6 is 0 Å². The average Bonchev–Trinajstić information content (AvgIpc) is 2.45. The third-order valence-corrected chi connectivity index (χ3v) is 3.02. The second-order valence-electron chi connectivity index (χ2n) is 6.19. The molecule has 0 saturated heterocycles. The normalized spacial score (nSPS) is 12.3. The van der Waals surface area contributed by atoms with Crippen LogP contribution in [0.5, 0.6) is 0 Å². The maximum atomic E-state index is 11.7. The molecule has 0 aliphatic heterocycles. The monoisotopic (exact) mass is 303 g/mol. The number of carbonyl (C=O) groups excluding carboxylic acids is 1. The number of carbonyl (C=O) groups is 1. The Kier molecular flexibility index (Phi) is 6.87. The number of alkyl carbamates (subject to hydrolysis) is 1. The molecule has 0 aromatic heterocycles. The Morgan fingerprint density at radius 1 is 1.32 bits per heavy atom. The zero-order valence-corrected chi connectivity index (χ0v) is 13.8. The van der Waals surface area contributed by atoms with E-state index in [1.54, 1.807) is 12.1 Å². The molecule has 1 atom stereocenters. The van der Waals surface area contributed by atoms with E-state index in [0.29, 0.717) is 18.7 Å². The van der Waals surface area contributed by atoms with E-state index in [0.717, 1.165) is 12.0 Å². The Balaban J connectivity index is 2.37. The zero-order valence-electron chi connectivity index (χ0n) is 13.8. The van der Waals surface area contributed by atoms with E-state index < -0.39 is 5.60 Å². The summed E-state index contributed by atoms with van der Waals surface area (Å²) in [6, 6.07) is 9.56. The highest BCUT2D eigenvalue weighted by Gasteiger charge is 2.18. The fraction of sp³-hybridized carbons (Fsp3) is 0.529. The van der Waals surface area contributed by atoms with Gasteiger partial charge in [0.2, 0.25) is 0 Å². The molecule has 120 valence electrons. The lowest BCUT2D eigenvalue weighted by molar-refractivity contribution is 0.0502. The molecule has 0 bridgehead atoms. The first-order valence-electron chi connectivity index (χ1n) is 7.53. The summed E-state index contributed by atoms with van der Waals surface area (Å²) in [5.74, 6) is 0. The molecule has 0 saturated carbocycles. The SMILES string of the molecule is CCC(CNCc1ccc(C#N)cc1)NC(=O)OC(C)(C)C. The molecule has 0 aliphatic rings. The van der Waals surface area contributed by atoms with Gasteiger partial charge in [-0.1, -0.05) is 19.1 Å². The van der Waals surface area contributed by atoms with Crippen LogP contribution in [0.25, 0.3) is 0 Å². The van der Waals surface area contributed by atoms with Crippen molar-refractivity contribution in [3.63, 3.8) is 0 Å². The lowest BCUT2D eigenvalue weighted by atomic mass is 10.1. The lowest BCUT2D eigenvalue weighted by Crippen LogP contribution is -2.43. The van der Waals surface area contributed by atoms with E-state index in [9.17, 15) is 4.79 Å². The van der Waals surface area contributed by atoms with Gasteiger partial charge in [0.25, 0.3) is 0 Å². The molecule has 5 heteroatoms. The number of nitrogens with one attached hydrogen (secondary N) is 2. The van der Waals surface area contributed by atoms with Crippen LogP contribution in [0, 0.1) is 11.3 Å². The van der Waals surface area contributed by atoms with E-state index >= 15 is 0 Å². The number of nitrogens with zero attached hydrogens (tertiary/aromatic N) is 1. The number of benzene rings is 1. The lowest BCUT2D eigenvalue weighted by Gasteiger charge is -2.23. The average molecular weight is 303 g/mol. The minimum atomic E-state index is -0.488. The molecule has 0 aliphatic carbocycles. The molecule has 1 aromatic rings. The van der Waals surface area contributed by atoms with E-state index in [4.69, 9.17) is 10.00 Å². The van der Waals surface area contributed by atoms with Crippen LogP contribution in [0.4, 0.5) is 4.79 Å². The second-order valence-corrected chi connectivity index (χ2v) is 6.19. The number of rotatable bonds is 6. The Bertz CT molecular complexity index is 512. The van der Waals surface area contributed by atoms with E-state index in [2.05, 4.69) is 16.7 Å². The molecule has 0 heterocycles. The largest absolute Gasteiger partial charge is 0.444 e. The van der Waals surface area contributed by atoms with Crippen LogP contribution in [-0.2, 0) is 11.3 Å². The summed E-state index contributed by atoms with van der Waals surface area (Å²) in [5.41, 5.74) is 1.27. The molecule has 1 aromatic carbocycles. The van der Waals surface area contributed by atoms with Gasteiger partial charge in [-0.25, -0.2) is 4.79 Å². The van der Waals surface area contributed by atoms with Crippen molar-refractivity contribution in [2.75, 3.05) is 6.54 Å². The Hall–Kier alpha value is -2.06. The van der Waals surface area contributed by atoms with Gasteiger partial charge in [0.05, 0.1) is 11.6 Å². The first-order chi connectivity index (χ1) is 10.3. The summed E-state index contributed by atoms with van der Waals surface area (Å²) in [4.78, 5) is 11.7. The van der Waals surface area contributed by atoms with Crippen LogP contribution in [-0.4, -0.2) is 24.3 Å². The van der Waals surface area contributed by atoms with Crippen LogP contribution in [0.3, 0.4) is 0 Å². The summed E-state index contributed by atoms with van der Waals surface area (Å²) in [7, 11) is 0. The molecule has 22 heavy (non-hydrogen) atoms. The summed E-state index contributed by atoms with van der Waals surface area (Å²) in [6.45, 7) is 8.91. The van der Waals surface area contributed by atoms with Gasteiger partial charge in [-0.05, 0) is 44.9 Å². The van der Waals surface area contributed by atoms with Crippen molar-refractivity contribution in [1.82, 2.24) is 10.6 Å². The molecule has 1 unspecified atom stereocenters. The highest BCUT2D eigenvalue weighted by atomic mass is 16.6. The minimum absolute atomic E-state index is 0.0215. The van der Waals surface area contributed by atoms with Gasteiger partial charge in [-0.2, -0.15) is 5.26 Å². The number of amides is 1. The Labute approximate surface area is 132 Å². The zero-order chi connectivity index (χ0) is 16.6. The molecule has 2 N–H and O–H groups in total. The maximum absolute atomic E-state index is 11.7. The summed E-state index contributed by atoms with van der Waals surface area (Å²) in [5, 5.41) is 14.9. The number of hydrogen-bond acceptors (Lipinski definition) is 4. The van der Waals surface area contributed by atoms with Gasteiger partial charge in [-0.3, -0.25) is 0 Å². The summed E-state index contributed by atoms with van der Waals surface area (Å²) >= 11 is 0. The smallest absolute Gasteiger partial charge is 0.407 e. The maximum Gasteiger partial charge on any atom is 0.407 e. The summed E-state index contributed by atoms with van der Waals surface area (Å²) < 4.78 is 5.25. The first kappa shape index (κ1) is 18.0. The topological polar surface area (TPSA) is 74.2 Å². The number of nitriles is 1. The third-order valence-electron chi connectivity index (χ3n) is 3.02. The molecule has 0 radical (unpaired) electrons. The molecule has 5 nitrogen and oxygen atoms in total. The first-order valence-corrected chi connectivity index (χ1v) is 7.53. The van der Waals surface area contributed by atoms with E-state index in [-0.39, 0.29) is 12.1 Å². The van der Waals surface area contributed by atoms with Crippen molar-refractivity contribution in [1.29, 1.82) is 5.26 Å². The van der Waals surface area contributed by atoms with Crippen LogP contribution < -0.4 is 10.6 Å². The van der Waals surface area contributed by atoms with Crippen molar-refractivity contribution >= 4 is 6.09 Å². The molecular formula is C17H25N3O2. The van der Waals surface area contributed by atoms with Crippen LogP contribution in [0.1, 0.15) is 45.2 Å².